The van der Waals surface area contributed by atoms with Gasteiger partial charge in [0.05, 0.1) is 0 Å². The Kier molecular flexibility index (Phi) is 3.48. The predicted molar refractivity (Wildman–Crippen MR) is 66.9 cm³/mol. The summed E-state index contributed by atoms with van der Waals surface area (Å²) in [6.07, 6.45) is 1.00. The van der Waals surface area contributed by atoms with Crippen molar-refractivity contribution in [3.05, 3.63) is 41.7 Å². The number of carbonyl (C=O) groups is 1. The fourth-order valence-electron chi connectivity index (χ4n) is 1.97. The Hall–Kier alpha value is -1.35. The first kappa shape index (κ1) is 12.1. The van der Waals surface area contributed by atoms with E-state index in [4.69, 9.17) is 11.6 Å². The van der Waals surface area contributed by atoms with Crippen LogP contribution in [-0.2, 0) is 11.2 Å². The molecule has 17 heavy (non-hydrogen) atoms. The Balaban J connectivity index is 2.33. The van der Waals surface area contributed by atoms with Gasteiger partial charge in [0.1, 0.15) is 5.82 Å². The van der Waals surface area contributed by atoms with E-state index >= 15 is 0 Å². The number of fused-ring (bicyclic) bond motifs is 1. The second-order valence-corrected chi connectivity index (χ2v) is 4.40. The number of hydrogen-bond acceptors (Lipinski definition) is 1. The third-order valence-electron chi connectivity index (χ3n) is 2.81. The maximum atomic E-state index is 13.1. The number of benzene rings is 1. The van der Waals surface area contributed by atoms with Crippen LogP contribution in [0.25, 0.3) is 0 Å². The molecule has 0 saturated heterocycles. The van der Waals surface area contributed by atoms with Crippen LogP contribution in [-0.4, -0.2) is 18.3 Å². The van der Waals surface area contributed by atoms with Crippen LogP contribution in [0.5, 0.6) is 0 Å². The van der Waals surface area contributed by atoms with E-state index in [1.54, 1.807) is 11.0 Å². The van der Waals surface area contributed by atoms with Crippen molar-refractivity contribution in [3.63, 3.8) is 0 Å². The fraction of sp³-hybridized carbons (Fsp3) is 0.308. The van der Waals surface area contributed by atoms with Crippen LogP contribution in [0.3, 0.4) is 0 Å². The highest BCUT2D eigenvalue weighted by atomic mass is 35.5. The predicted octanol–water partition coefficient (Wildman–Crippen LogP) is 2.90. The van der Waals surface area contributed by atoms with E-state index in [-0.39, 0.29) is 11.7 Å². The van der Waals surface area contributed by atoms with Crippen LogP contribution in [0.1, 0.15) is 12.0 Å². The summed E-state index contributed by atoms with van der Waals surface area (Å²) >= 11 is 5.67. The minimum absolute atomic E-state index is 0.0374. The summed E-state index contributed by atoms with van der Waals surface area (Å²) in [4.78, 5) is 13.5. The van der Waals surface area contributed by atoms with E-state index in [2.05, 4.69) is 6.58 Å². The molecule has 2 nitrogen and oxygen atoms in total. The summed E-state index contributed by atoms with van der Waals surface area (Å²) < 4.78 is 13.1. The van der Waals surface area contributed by atoms with E-state index in [1.807, 2.05) is 0 Å². The molecule has 0 bridgehead atoms. The van der Waals surface area contributed by atoms with Gasteiger partial charge in [-0.05, 0) is 35.8 Å². The maximum absolute atomic E-state index is 13.1. The molecule has 4 heteroatoms. The number of carbonyl (C=O) groups excluding carboxylic acids is 1. The molecule has 0 atom stereocenters. The van der Waals surface area contributed by atoms with E-state index in [0.717, 1.165) is 16.8 Å². The number of aryl methyl sites for hydroxylation is 1. The number of amides is 1. The SMILES string of the molecule is C=C(CCl)CN1C(=O)CCc2cc(F)ccc21. The molecule has 1 heterocycles. The van der Waals surface area contributed by atoms with Crippen molar-refractivity contribution in [2.75, 3.05) is 17.3 Å². The zero-order chi connectivity index (χ0) is 12.4. The van der Waals surface area contributed by atoms with Crippen molar-refractivity contribution >= 4 is 23.2 Å². The highest BCUT2D eigenvalue weighted by Crippen LogP contribution is 2.28. The lowest BCUT2D eigenvalue weighted by Crippen LogP contribution is -2.36. The smallest absolute Gasteiger partial charge is 0.227 e. The van der Waals surface area contributed by atoms with Gasteiger partial charge in [0.25, 0.3) is 0 Å². The van der Waals surface area contributed by atoms with Gasteiger partial charge in [-0.15, -0.1) is 11.6 Å². The first-order valence-electron chi connectivity index (χ1n) is 5.43. The van der Waals surface area contributed by atoms with Gasteiger partial charge >= 0.3 is 0 Å². The number of halogens is 2. The van der Waals surface area contributed by atoms with E-state index < -0.39 is 0 Å². The Morgan fingerprint density at radius 3 is 2.94 bits per heavy atom. The second kappa shape index (κ2) is 4.88. The van der Waals surface area contributed by atoms with Gasteiger partial charge in [0, 0.05) is 24.5 Å². The first-order chi connectivity index (χ1) is 8.11. The number of anilines is 1. The molecule has 0 N–H and O–H groups in total. The van der Waals surface area contributed by atoms with Crippen LogP contribution >= 0.6 is 11.6 Å². The molecule has 1 amide bonds. The quantitative estimate of drug-likeness (QED) is 0.599. The molecule has 0 saturated carbocycles. The zero-order valence-electron chi connectivity index (χ0n) is 9.38. The Morgan fingerprint density at radius 1 is 1.47 bits per heavy atom. The van der Waals surface area contributed by atoms with Crippen molar-refractivity contribution in [1.82, 2.24) is 0 Å². The van der Waals surface area contributed by atoms with Crippen LogP contribution < -0.4 is 4.90 Å². The lowest BCUT2D eigenvalue weighted by Gasteiger charge is -2.29. The summed E-state index contributed by atoms with van der Waals surface area (Å²) in [5.74, 6) is 0.0879. The molecule has 0 fully saturated rings. The third kappa shape index (κ3) is 2.50. The first-order valence-corrected chi connectivity index (χ1v) is 5.96. The number of alkyl halides is 1. The van der Waals surface area contributed by atoms with Crippen LogP contribution in [0, 0.1) is 5.82 Å². The maximum Gasteiger partial charge on any atom is 0.227 e. The molecule has 90 valence electrons. The Labute approximate surface area is 105 Å². The highest BCUT2D eigenvalue weighted by Gasteiger charge is 2.24. The molecule has 1 aromatic rings. The van der Waals surface area contributed by atoms with Crippen molar-refractivity contribution in [2.45, 2.75) is 12.8 Å². The van der Waals surface area contributed by atoms with E-state index in [9.17, 15) is 9.18 Å². The van der Waals surface area contributed by atoms with Crippen LogP contribution in [0.4, 0.5) is 10.1 Å². The summed E-state index contributed by atoms with van der Waals surface area (Å²) in [6, 6.07) is 4.50. The minimum Gasteiger partial charge on any atom is -0.308 e. The van der Waals surface area contributed by atoms with E-state index in [0.29, 0.717) is 25.3 Å². The summed E-state index contributed by atoms with van der Waals surface area (Å²) in [5, 5.41) is 0. The van der Waals surface area contributed by atoms with Crippen molar-refractivity contribution < 1.29 is 9.18 Å². The molecular formula is C13H13ClFNO. The van der Waals surface area contributed by atoms with Gasteiger partial charge in [0.15, 0.2) is 0 Å². The van der Waals surface area contributed by atoms with Crippen LogP contribution in [0.2, 0.25) is 0 Å². The van der Waals surface area contributed by atoms with Crippen molar-refractivity contribution in [1.29, 1.82) is 0 Å². The Morgan fingerprint density at radius 2 is 2.24 bits per heavy atom. The third-order valence-corrected chi connectivity index (χ3v) is 3.19. The average molecular weight is 254 g/mol. The minimum atomic E-state index is -0.269. The van der Waals surface area contributed by atoms with Crippen LogP contribution in [0.15, 0.2) is 30.4 Å². The molecular weight excluding hydrogens is 241 g/mol. The lowest BCUT2D eigenvalue weighted by atomic mass is 10.0. The average Bonchev–Trinajstić information content (AvgIpc) is 2.32. The number of nitrogens with zero attached hydrogens (tertiary/aromatic N) is 1. The van der Waals surface area contributed by atoms with Gasteiger partial charge in [-0.3, -0.25) is 4.79 Å². The van der Waals surface area contributed by atoms with Gasteiger partial charge in [-0.2, -0.15) is 0 Å². The number of rotatable bonds is 3. The molecule has 1 aromatic carbocycles. The lowest BCUT2D eigenvalue weighted by molar-refractivity contribution is -0.118. The molecule has 0 unspecified atom stereocenters. The fourth-order valence-corrected chi connectivity index (χ4v) is 2.05. The topological polar surface area (TPSA) is 20.3 Å². The van der Waals surface area contributed by atoms with Gasteiger partial charge in [-0.25, -0.2) is 4.39 Å². The largest absolute Gasteiger partial charge is 0.308 e. The highest BCUT2D eigenvalue weighted by molar-refractivity contribution is 6.19. The second-order valence-electron chi connectivity index (χ2n) is 4.14. The molecule has 2 rings (SSSR count). The number of hydrogen-bond donors (Lipinski definition) is 0. The van der Waals surface area contributed by atoms with Gasteiger partial charge in [-0.1, -0.05) is 6.58 Å². The van der Waals surface area contributed by atoms with Crippen molar-refractivity contribution in [2.24, 2.45) is 0 Å². The molecule has 0 aromatic heterocycles. The van der Waals surface area contributed by atoms with E-state index in [1.165, 1.54) is 12.1 Å². The molecule has 1 aliphatic heterocycles. The monoisotopic (exact) mass is 253 g/mol. The zero-order valence-corrected chi connectivity index (χ0v) is 10.1. The van der Waals surface area contributed by atoms with Gasteiger partial charge < -0.3 is 4.90 Å². The standard InChI is InChI=1S/C13H13ClFNO/c1-9(7-14)8-16-12-4-3-11(15)6-10(12)2-5-13(16)17/h3-4,6H,1-2,5,7-8H2. The molecule has 0 aliphatic carbocycles. The van der Waals surface area contributed by atoms with Gasteiger partial charge in [0.2, 0.25) is 5.91 Å². The molecule has 0 spiro atoms. The molecule has 1 aliphatic rings. The molecule has 0 radical (unpaired) electrons. The summed E-state index contributed by atoms with van der Waals surface area (Å²) in [5.41, 5.74) is 2.41. The normalized spacial score (nSPS) is 14.7. The summed E-state index contributed by atoms with van der Waals surface area (Å²) in [6.45, 7) is 4.20. The summed E-state index contributed by atoms with van der Waals surface area (Å²) in [7, 11) is 0. The van der Waals surface area contributed by atoms with Crippen molar-refractivity contribution in [3.8, 4) is 0 Å². The Bertz CT molecular complexity index is 472.